The fourth-order valence-corrected chi connectivity index (χ4v) is 3.48. The number of guanidine groups is 1. The molecule has 0 radical (unpaired) electrons. The van der Waals surface area contributed by atoms with E-state index in [4.69, 9.17) is 20.2 Å². The standard InChI is InChI=1S/C22H28N4O3.HI/c1-4-24-22(25-13-15-6-5-7-17(10-15)21(23)27)26-9-8-16-11-19(28-2)20(29-3)12-18(16)14-26;/h5-7,10-12H,4,8-9,13-14H2,1-3H3,(H2,23,27)(H,24,25);1H. The zero-order valence-corrected chi connectivity index (χ0v) is 19.9. The van der Waals surface area contributed by atoms with Crippen molar-refractivity contribution >= 4 is 35.8 Å². The molecule has 8 heteroatoms. The van der Waals surface area contributed by atoms with Gasteiger partial charge in [0.05, 0.1) is 20.8 Å². The molecule has 0 saturated heterocycles. The average Bonchev–Trinajstić information content (AvgIpc) is 2.75. The quantitative estimate of drug-likeness (QED) is 0.345. The Balaban J connectivity index is 0.00000320. The third-order valence-corrected chi connectivity index (χ3v) is 4.98. The summed E-state index contributed by atoms with van der Waals surface area (Å²) in [5.74, 6) is 1.91. The van der Waals surface area contributed by atoms with Gasteiger partial charge in [-0.1, -0.05) is 12.1 Å². The third kappa shape index (κ3) is 5.56. The summed E-state index contributed by atoms with van der Waals surface area (Å²) in [4.78, 5) is 18.4. The minimum absolute atomic E-state index is 0. The van der Waals surface area contributed by atoms with Crippen molar-refractivity contribution in [1.82, 2.24) is 10.2 Å². The summed E-state index contributed by atoms with van der Waals surface area (Å²) in [6, 6.07) is 11.4. The molecule has 2 aromatic rings. The lowest BCUT2D eigenvalue weighted by Gasteiger charge is -2.32. The lowest BCUT2D eigenvalue weighted by Crippen LogP contribution is -2.44. The number of rotatable bonds is 6. The number of carbonyl (C=O) groups is 1. The highest BCUT2D eigenvalue weighted by atomic mass is 127. The Kier molecular flexibility index (Phi) is 8.76. The van der Waals surface area contributed by atoms with Gasteiger partial charge in [-0.2, -0.15) is 0 Å². The molecular weight excluding hydrogens is 495 g/mol. The van der Waals surface area contributed by atoms with Gasteiger partial charge in [-0.3, -0.25) is 4.79 Å². The number of primary amides is 1. The Bertz CT molecular complexity index is 917. The number of fused-ring (bicyclic) bond motifs is 1. The molecule has 0 fully saturated rings. The number of nitrogens with zero attached hydrogens (tertiary/aromatic N) is 2. The fourth-order valence-electron chi connectivity index (χ4n) is 3.48. The van der Waals surface area contributed by atoms with E-state index in [2.05, 4.69) is 23.2 Å². The number of amides is 1. The van der Waals surface area contributed by atoms with E-state index in [1.165, 1.54) is 11.1 Å². The van der Waals surface area contributed by atoms with Crippen molar-refractivity contribution < 1.29 is 14.3 Å². The van der Waals surface area contributed by atoms with Gasteiger partial charge in [0.15, 0.2) is 17.5 Å². The molecule has 2 aromatic carbocycles. The Labute approximate surface area is 194 Å². The number of halogens is 1. The molecule has 0 aromatic heterocycles. The first-order valence-electron chi connectivity index (χ1n) is 9.71. The number of aliphatic imine (C=N–C) groups is 1. The van der Waals surface area contributed by atoms with E-state index in [-0.39, 0.29) is 24.0 Å². The van der Waals surface area contributed by atoms with Gasteiger partial charge in [0.25, 0.3) is 0 Å². The average molecular weight is 524 g/mol. The van der Waals surface area contributed by atoms with Crippen molar-refractivity contribution in [3.8, 4) is 11.5 Å². The lowest BCUT2D eigenvalue weighted by atomic mass is 9.99. The SMILES string of the molecule is CCNC(=NCc1cccc(C(N)=O)c1)N1CCc2cc(OC)c(OC)cc2C1.I. The van der Waals surface area contributed by atoms with Crippen LogP contribution in [0.4, 0.5) is 0 Å². The highest BCUT2D eigenvalue weighted by Gasteiger charge is 2.21. The number of methoxy groups -OCH3 is 2. The van der Waals surface area contributed by atoms with Crippen molar-refractivity contribution in [2.75, 3.05) is 27.3 Å². The molecule has 1 aliphatic rings. The zero-order valence-electron chi connectivity index (χ0n) is 17.6. The summed E-state index contributed by atoms with van der Waals surface area (Å²) in [5.41, 5.74) is 9.29. The zero-order chi connectivity index (χ0) is 20.8. The van der Waals surface area contributed by atoms with Gasteiger partial charge >= 0.3 is 0 Å². The van der Waals surface area contributed by atoms with E-state index >= 15 is 0 Å². The topological polar surface area (TPSA) is 89.2 Å². The molecule has 7 nitrogen and oxygen atoms in total. The predicted molar refractivity (Wildman–Crippen MR) is 129 cm³/mol. The number of hydrogen-bond acceptors (Lipinski definition) is 4. The van der Waals surface area contributed by atoms with Crippen molar-refractivity contribution in [3.63, 3.8) is 0 Å². The first-order chi connectivity index (χ1) is 14.0. The number of carbonyl (C=O) groups excluding carboxylic acids is 1. The number of benzene rings is 2. The van der Waals surface area contributed by atoms with Crippen molar-refractivity contribution in [1.29, 1.82) is 0 Å². The highest BCUT2D eigenvalue weighted by molar-refractivity contribution is 14.0. The molecule has 0 atom stereocenters. The first kappa shape index (κ1) is 23.8. The number of ether oxygens (including phenoxy) is 2. The Morgan fingerprint density at radius 3 is 2.50 bits per heavy atom. The molecule has 30 heavy (non-hydrogen) atoms. The van der Waals surface area contributed by atoms with Crippen LogP contribution < -0.4 is 20.5 Å². The van der Waals surface area contributed by atoms with Gasteiger partial charge in [-0.15, -0.1) is 24.0 Å². The van der Waals surface area contributed by atoms with Crippen LogP contribution in [0, 0.1) is 0 Å². The van der Waals surface area contributed by atoms with E-state index in [1.807, 2.05) is 18.2 Å². The van der Waals surface area contributed by atoms with Crippen molar-refractivity contribution in [2.45, 2.75) is 26.4 Å². The number of nitrogens with two attached hydrogens (primary N) is 1. The van der Waals surface area contributed by atoms with Crippen LogP contribution in [0.25, 0.3) is 0 Å². The molecule has 3 rings (SSSR count). The van der Waals surface area contributed by atoms with Gasteiger partial charge in [-0.05, 0) is 54.3 Å². The number of nitrogens with one attached hydrogen (secondary N) is 1. The third-order valence-electron chi connectivity index (χ3n) is 4.98. The summed E-state index contributed by atoms with van der Waals surface area (Å²) < 4.78 is 10.9. The summed E-state index contributed by atoms with van der Waals surface area (Å²) in [7, 11) is 3.30. The molecule has 1 amide bonds. The first-order valence-corrected chi connectivity index (χ1v) is 9.71. The van der Waals surface area contributed by atoms with Crippen molar-refractivity contribution in [2.24, 2.45) is 10.7 Å². The summed E-state index contributed by atoms with van der Waals surface area (Å²) in [5, 5.41) is 3.37. The summed E-state index contributed by atoms with van der Waals surface area (Å²) in [6.45, 7) is 4.89. The monoisotopic (exact) mass is 524 g/mol. The maximum atomic E-state index is 11.4. The van der Waals surface area contributed by atoms with Gasteiger partial charge in [0, 0.05) is 25.2 Å². The normalized spacial score (nSPS) is 13.2. The molecule has 0 bridgehead atoms. The lowest BCUT2D eigenvalue weighted by molar-refractivity contribution is 0.1000. The highest BCUT2D eigenvalue weighted by Crippen LogP contribution is 2.33. The molecule has 1 heterocycles. The molecular formula is C22H29IN4O3. The molecule has 0 saturated carbocycles. The molecule has 3 N–H and O–H groups in total. The van der Waals surface area contributed by atoms with Gasteiger partial charge < -0.3 is 25.4 Å². The largest absolute Gasteiger partial charge is 0.493 e. The Morgan fingerprint density at radius 2 is 1.87 bits per heavy atom. The Hall–Kier alpha value is -2.49. The van der Waals surface area contributed by atoms with Crippen LogP contribution in [0.3, 0.4) is 0 Å². The molecule has 0 aliphatic carbocycles. The molecule has 0 unspecified atom stereocenters. The minimum Gasteiger partial charge on any atom is -0.493 e. The van der Waals surface area contributed by atoms with Gasteiger partial charge in [-0.25, -0.2) is 4.99 Å². The van der Waals surface area contributed by atoms with Crippen LogP contribution in [-0.4, -0.2) is 44.1 Å². The van der Waals surface area contributed by atoms with Crippen LogP contribution in [0.2, 0.25) is 0 Å². The van der Waals surface area contributed by atoms with Crippen molar-refractivity contribution in [3.05, 3.63) is 58.7 Å². The summed E-state index contributed by atoms with van der Waals surface area (Å²) in [6.07, 6.45) is 0.900. The fraction of sp³-hybridized carbons (Fsp3) is 0.364. The van der Waals surface area contributed by atoms with Gasteiger partial charge in [0.2, 0.25) is 5.91 Å². The molecule has 1 aliphatic heterocycles. The van der Waals surface area contributed by atoms with E-state index in [1.54, 1.807) is 26.4 Å². The smallest absolute Gasteiger partial charge is 0.248 e. The van der Waals surface area contributed by atoms with E-state index < -0.39 is 5.91 Å². The second-order valence-corrected chi connectivity index (χ2v) is 6.88. The van der Waals surface area contributed by atoms with E-state index in [0.717, 1.165) is 49.1 Å². The minimum atomic E-state index is -0.431. The number of hydrogen-bond donors (Lipinski definition) is 2. The van der Waals surface area contributed by atoms with E-state index in [9.17, 15) is 4.79 Å². The van der Waals surface area contributed by atoms with Crippen LogP contribution in [0.1, 0.15) is 34.0 Å². The second kappa shape index (κ2) is 11.1. The summed E-state index contributed by atoms with van der Waals surface area (Å²) >= 11 is 0. The van der Waals surface area contributed by atoms with Crippen LogP contribution in [0.15, 0.2) is 41.4 Å². The van der Waals surface area contributed by atoms with Crippen LogP contribution >= 0.6 is 24.0 Å². The predicted octanol–water partition coefficient (Wildman–Crippen LogP) is 2.94. The maximum absolute atomic E-state index is 11.4. The molecule has 162 valence electrons. The Morgan fingerprint density at radius 1 is 1.17 bits per heavy atom. The molecule has 0 spiro atoms. The maximum Gasteiger partial charge on any atom is 0.248 e. The van der Waals surface area contributed by atoms with Crippen LogP contribution in [-0.2, 0) is 19.5 Å². The second-order valence-electron chi connectivity index (χ2n) is 6.88. The van der Waals surface area contributed by atoms with Gasteiger partial charge in [0.1, 0.15) is 0 Å². The van der Waals surface area contributed by atoms with Crippen LogP contribution in [0.5, 0.6) is 11.5 Å². The van der Waals surface area contributed by atoms with E-state index in [0.29, 0.717) is 12.1 Å².